The summed E-state index contributed by atoms with van der Waals surface area (Å²) in [5.41, 5.74) is 7.63. The molecule has 9 heteroatoms. The average molecular weight is 552 g/mol. The van der Waals surface area contributed by atoms with E-state index in [0.29, 0.717) is 23.6 Å². The lowest BCUT2D eigenvalue weighted by Gasteiger charge is -2.33. The zero-order valence-electron chi connectivity index (χ0n) is 21.5. The van der Waals surface area contributed by atoms with Crippen molar-refractivity contribution in [3.8, 4) is 0 Å². The number of hydrazine groups is 1. The fourth-order valence-electron chi connectivity index (χ4n) is 4.57. The molecular formula is C30H31ClFN3O4. The van der Waals surface area contributed by atoms with Crippen molar-refractivity contribution in [2.75, 3.05) is 13.1 Å². The summed E-state index contributed by atoms with van der Waals surface area (Å²) in [6.07, 6.45) is 0.889. The van der Waals surface area contributed by atoms with Crippen molar-refractivity contribution in [1.82, 2.24) is 15.8 Å². The molecule has 3 unspecified atom stereocenters. The molecule has 4 rings (SSSR count). The number of aliphatic hydroxyl groups excluding tert-OH is 1. The van der Waals surface area contributed by atoms with Gasteiger partial charge in [-0.1, -0.05) is 73.1 Å². The van der Waals surface area contributed by atoms with Crippen LogP contribution in [-0.2, 0) is 20.9 Å². The molecule has 0 bridgehead atoms. The molecule has 1 amide bonds. The maximum absolute atomic E-state index is 14.1. The number of ketones is 1. The molecule has 7 nitrogen and oxygen atoms in total. The molecule has 3 N–H and O–H groups in total. The van der Waals surface area contributed by atoms with E-state index in [1.165, 1.54) is 23.2 Å². The van der Waals surface area contributed by atoms with Crippen LogP contribution in [0.15, 0.2) is 90.8 Å². The second kappa shape index (κ2) is 13.4. The van der Waals surface area contributed by atoms with Gasteiger partial charge in [-0.2, -0.15) is 0 Å². The number of halogens is 2. The second-order valence-electron chi connectivity index (χ2n) is 9.30. The molecule has 0 fully saturated rings. The maximum Gasteiger partial charge on any atom is 0.249 e. The predicted molar refractivity (Wildman–Crippen MR) is 147 cm³/mol. The van der Waals surface area contributed by atoms with Crippen LogP contribution in [0.25, 0.3) is 0 Å². The number of nitrogens with zero attached hydrogens (tertiary/aromatic N) is 1. The highest BCUT2D eigenvalue weighted by molar-refractivity contribution is 6.30. The van der Waals surface area contributed by atoms with E-state index in [4.69, 9.17) is 16.3 Å². The summed E-state index contributed by atoms with van der Waals surface area (Å²) in [7, 11) is 0. The largest absolute Gasteiger partial charge is 0.484 e. The lowest BCUT2D eigenvalue weighted by Crippen LogP contribution is -2.58. The second-order valence-corrected chi connectivity index (χ2v) is 9.74. The number of amides is 1. The van der Waals surface area contributed by atoms with Crippen molar-refractivity contribution in [2.45, 2.75) is 38.0 Å². The van der Waals surface area contributed by atoms with Crippen LogP contribution in [0.3, 0.4) is 0 Å². The SMILES string of the molecule is CCCN(CC(O)C(c1ccc(Cl)cc1)c1cccc(F)c1)C(=O)C1NNC=C(OCc2ccccc2)C1=O. The van der Waals surface area contributed by atoms with Gasteiger partial charge in [-0.3, -0.25) is 9.59 Å². The van der Waals surface area contributed by atoms with E-state index in [1.807, 2.05) is 37.3 Å². The summed E-state index contributed by atoms with van der Waals surface area (Å²) < 4.78 is 19.8. The van der Waals surface area contributed by atoms with Gasteiger partial charge in [0.1, 0.15) is 12.4 Å². The lowest BCUT2D eigenvalue weighted by molar-refractivity contribution is -0.140. The van der Waals surface area contributed by atoms with Crippen molar-refractivity contribution in [3.63, 3.8) is 0 Å². The van der Waals surface area contributed by atoms with Gasteiger partial charge in [0.2, 0.25) is 11.7 Å². The van der Waals surface area contributed by atoms with Crippen LogP contribution in [0, 0.1) is 5.82 Å². The van der Waals surface area contributed by atoms with Crippen LogP contribution >= 0.6 is 11.6 Å². The van der Waals surface area contributed by atoms with Crippen molar-refractivity contribution in [3.05, 3.63) is 118 Å². The summed E-state index contributed by atoms with van der Waals surface area (Å²) in [6.45, 7) is 2.31. The van der Waals surface area contributed by atoms with E-state index in [9.17, 15) is 19.1 Å². The van der Waals surface area contributed by atoms with E-state index < -0.39 is 35.6 Å². The van der Waals surface area contributed by atoms with Crippen molar-refractivity contribution >= 4 is 23.3 Å². The Kier molecular flexibility index (Phi) is 9.70. The van der Waals surface area contributed by atoms with Gasteiger partial charge in [0.15, 0.2) is 11.8 Å². The number of hydrogen-bond acceptors (Lipinski definition) is 6. The first-order valence-corrected chi connectivity index (χ1v) is 13.1. The Bertz CT molecular complexity index is 1300. The Labute approximate surface area is 232 Å². The zero-order chi connectivity index (χ0) is 27.8. The topological polar surface area (TPSA) is 90.9 Å². The fraction of sp³-hybridized carbons (Fsp3) is 0.267. The van der Waals surface area contributed by atoms with Gasteiger partial charge >= 0.3 is 0 Å². The molecule has 39 heavy (non-hydrogen) atoms. The molecule has 1 aliphatic heterocycles. The van der Waals surface area contributed by atoms with Gasteiger partial charge in [0, 0.05) is 24.0 Å². The average Bonchev–Trinajstić information content (AvgIpc) is 2.94. The Morgan fingerprint density at radius 3 is 2.51 bits per heavy atom. The highest BCUT2D eigenvalue weighted by Crippen LogP contribution is 2.30. The number of ether oxygens (including phenoxy) is 1. The third-order valence-corrected chi connectivity index (χ3v) is 6.71. The quantitative estimate of drug-likeness (QED) is 0.308. The molecule has 1 heterocycles. The van der Waals surface area contributed by atoms with Crippen LogP contribution in [0.1, 0.15) is 36.0 Å². The minimum atomic E-state index is -1.23. The molecule has 0 saturated carbocycles. The molecule has 3 atom stereocenters. The van der Waals surface area contributed by atoms with E-state index in [2.05, 4.69) is 10.9 Å². The van der Waals surface area contributed by atoms with Crippen LogP contribution in [-0.4, -0.2) is 46.9 Å². The minimum absolute atomic E-state index is 0.0340. The Morgan fingerprint density at radius 1 is 1.08 bits per heavy atom. The molecule has 3 aromatic rings. The highest BCUT2D eigenvalue weighted by atomic mass is 35.5. The minimum Gasteiger partial charge on any atom is -0.484 e. The van der Waals surface area contributed by atoms with Gasteiger partial charge < -0.3 is 20.2 Å². The number of hydrogen-bond donors (Lipinski definition) is 3. The summed E-state index contributed by atoms with van der Waals surface area (Å²) in [5.74, 6) is -2.05. The summed E-state index contributed by atoms with van der Waals surface area (Å²) in [5, 5.41) is 12.0. The van der Waals surface area contributed by atoms with E-state index in [1.54, 1.807) is 36.4 Å². The van der Waals surface area contributed by atoms with E-state index in [-0.39, 0.29) is 18.9 Å². The summed E-state index contributed by atoms with van der Waals surface area (Å²) in [6, 6.07) is 21.1. The van der Waals surface area contributed by atoms with Gasteiger partial charge in [0.25, 0.3) is 0 Å². The molecule has 0 aliphatic carbocycles. The van der Waals surface area contributed by atoms with Gasteiger partial charge in [-0.25, -0.2) is 9.82 Å². The summed E-state index contributed by atoms with van der Waals surface area (Å²) in [4.78, 5) is 28.2. The van der Waals surface area contributed by atoms with Crippen LogP contribution in [0.2, 0.25) is 5.02 Å². The summed E-state index contributed by atoms with van der Waals surface area (Å²) >= 11 is 6.07. The molecule has 1 aliphatic rings. The standard InChI is InChI=1S/C30H31ClFN3O4/c1-2-15-35(30(38)28-29(37)26(17-33-34-28)39-19-20-7-4-3-5-8-20)18-25(36)27(21-11-13-23(31)14-12-21)22-9-6-10-24(32)16-22/h3-14,16-17,25,27-28,33-34,36H,2,15,18-19H2,1H3. The monoisotopic (exact) mass is 551 g/mol. The number of rotatable bonds is 11. The number of nitrogens with one attached hydrogen (secondary N) is 2. The maximum atomic E-state index is 14.1. The third kappa shape index (κ3) is 7.23. The van der Waals surface area contributed by atoms with Gasteiger partial charge in [-0.15, -0.1) is 0 Å². The molecule has 3 aromatic carbocycles. The molecule has 0 aromatic heterocycles. The fourth-order valence-corrected chi connectivity index (χ4v) is 4.70. The Morgan fingerprint density at radius 2 is 1.82 bits per heavy atom. The molecule has 204 valence electrons. The number of carbonyl (C=O) groups excluding carboxylic acids is 2. The Hall–Kier alpha value is -3.72. The third-order valence-electron chi connectivity index (χ3n) is 6.45. The van der Waals surface area contributed by atoms with E-state index in [0.717, 1.165) is 11.1 Å². The number of benzene rings is 3. The first kappa shape index (κ1) is 28.3. The smallest absolute Gasteiger partial charge is 0.249 e. The zero-order valence-corrected chi connectivity index (χ0v) is 22.3. The Balaban J connectivity index is 1.52. The van der Waals surface area contributed by atoms with Gasteiger partial charge in [0.05, 0.1) is 12.3 Å². The normalized spacial score (nSPS) is 16.6. The first-order chi connectivity index (χ1) is 18.9. The van der Waals surface area contributed by atoms with Gasteiger partial charge in [-0.05, 0) is 47.4 Å². The molecule has 0 spiro atoms. The predicted octanol–water partition coefficient (Wildman–Crippen LogP) is 4.31. The van der Waals surface area contributed by atoms with Crippen LogP contribution in [0.4, 0.5) is 4.39 Å². The van der Waals surface area contributed by atoms with Crippen molar-refractivity contribution in [2.24, 2.45) is 0 Å². The number of Topliss-reactive ketones (excluding diaryl/α,β-unsaturated/α-hetero) is 1. The number of aliphatic hydroxyl groups is 1. The van der Waals surface area contributed by atoms with Crippen LogP contribution in [0.5, 0.6) is 0 Å². The van der Waals surface area contributed by atoms with E-state index >= 15 is 0 Å². The molecular weight excluding hydrogens is 521 g/mol. The molecule has 0 radical (unpaired) electrons. The number of carbonyl (C=O) groups is 2. The first-order valence-electron chi connectivity index (χ1n) is 12.8. The highest BCUT2D eigenvalue weighted by Gasteiger charge is 2.37. The molecule has 0 saturated heterocycles. The van der Waals surface area contributed by atoms with Crippen LogP contribution < -0.4 is 10.9 Å². The van der Waals surface area contributed by atoms with Crippen molar-refractivity contribution in [1.29, 1.82) is 0 Å². The lowest BCUT2D eigenvalue weighted by atomic mass is 9.86. The van der Waals surface area contributed by atoms with Crippen molar-refractivity contribution < 1.29 is 23.8 Å².